The zero-order valence-corrected chi connectivity index (χ0v) is 25.1. The van der Waals surface area contributed by atoms with E-state index in [4.69, 9.17) is 39.0 Å². The predicted octanol–water partition coefficient (Wildman–Crippen LogP) is -1.77. The molecule has 25 heteroatoms. The first kappa shape index (κ1) is 31.0. The van der Waals surface area contributed by atoms with Gasteiger partial charge in [-0.1, -0.05) is 6.92 Å². The van der Waals surface area contributed by atoms with Gasteiger partial charge in [0, 0.05) is 5.92 Å². The van der Waals surface area contributed by atoms with Crippen LogP contribution in [0.3, 0.4) is 0 Å². The van der Waals surface area contributed by atoms with E-state index in [0.29, 0.717) is 0 Å². The number of nitrogens with zero attached hydrogens (tertiary/aromatic N) is 6. The van der Waals surface area contributed by atoms with Gasteiger partial charge in [-0.25, -0.2) is 19.1 Å². The Morgan fingerprint density at radius 2 is 1.28 bits per heavy atom. The molecule has 7 heterocycles. The first-order valence-electron chi connectivity index (χ1n) is 13.5. The summed E-state index contributed by atoms with van der Waals surface area (Å²) in [5, 5.41) is 11.1. The summed E-state index contributed by atoms with van der Waals surface area (Å²) >= 11 is 0. The van der Waals surface area contributed by atoms with Gasteiger partial charge in [-0.2, -0.15) is 9.97 Å². The van der Waals surface area contributed by atoms with Crippen LogP contribution >= 0.6 is 15.6 Å². The Balaban J connectivity index is 1.18. The largest absolute Gasteiger partial charge is 0.472 e. The van der Waals surface area contributed by atoms with Gasteiger partial charge in [0.15, 0.2) is 28.6 Å². The number of ether oxygens (including phenoxy) is 2. The molecule has 248 valence electrons. The van der Waals surface area contributed by atoms with Gasteiger partial charge in [-0.3, -0.25) is 46.8 Å². The number of hydrogen-bond donors (Lipinski definition) is 7. The van der Waals surface area contributed by atoms with Gasteiger partial charge in [0.1, 0.15) is 36.7 Å². The highest BCUT2D eigenvalue weighted by molar-refractivity contribution is 7.47. The fourth-order valence-electron chi connectivity index (χ4n) is 5.67. The van der Waals surface area contributed by atoms with Crippen LogP contribution in [0, 0.1) is 5.92 Å². The van der Waals surface area contributed by atoms with E-state index >= 15 is 0 Å². The van der Waals surface area contributed by atoms with Gasteiger partial charge in [0.2, 0.25) is 11.9 Å². The Labute approximate surface area is 254 Å². The van der Waals surface area contributed by atoms with E-state index in [1.54, 1.807) is 6.92 Å². The molecule has 10 atom stereocenters. The van der Waals surface area contributed by atoms with Crippen molar-refractivity contribution in [2.24, 2.45) is 5.92 Å². The number of nitrogens with one attached hydrogen (secondary N) is 2. The van der Waals surface area contributed by atoms with Gasteiger partial charge >= 0.3 is 15.6 Å². The summed E-state index contributed by atoms with van der Waals surface area (Å²) in [7, 11) is -9.96. The molecule has 46 heavy (non-hydrogen) atoms. The molecule has 23 nitrogen and oxygen atoms in total. The monoisotopic (exact) mass is 688 g/mol. The number of imidazole rings is 2. The van der Waals surface area contributed by atoms with Crippen LogP contribution in [0.1, 0.15) is 19.4 Å². The number of aromatic nitrogens is 8. The van der Waals surface area contributed by atoms with E-state index in [-0.39, 0.29) is 34.2 Å². The summed E-state index contributed by atoms with van der Waals surface area (Å²) < 4.78 is 61.8. The maximum absolute atomic E-state index is 13.2. The van der Waals surface area contributed by atoms with E-state index in [1.807, 2.05) is 0 Å². The molecule has 0 aliphatic carbocycles. The molecule has 9 N–H and O–H groups in total. The maximum Gasteiger partial charge on any atom is 0.472 e. The van der Waals surface area contributed by atoms with Crippen molar-refractivity contribution in [1.29, 1.82) is 0 Å². The summed E-state index contributed by atoms with van der Waals surface area (Å²) in [6.45, 7) is 0.0813. The molecule has 3 aliphatic heterocycles. The number of nitrogens with two attached hydrogens (primary N) is 2. The minimum Gasteiger partial charge on any atom is -0.386 e. The number of phosphoric acid groups is 2. The molecule has 7 rings (SSSR count). The molecule has 4 aromatic heterocycles. The van der Waals surface area contributed by atoms with Gasteiger partial charge in [0.25, 0.3) is 11.1 Å². The lowest BCUT2D eigenvalue weighted by atomic mass is 10.0. The third-order valence-electron chi connectivity index (χ3n) is 7.72. The van der Waals surface area contributed by atoms with Crippen LogP contribution in [0.4, 0.5) is 11.9 Å². The van der Waals surface area contributed by atoms with E-state index < -0.39 is 88.9 Å². The third-order valence-corrected chi connectivity index (χ3v) is 9.69. The third kappa shape index (κ3) is 5.34. The van der Waals surface area contributed by atoms with E-state index in [2.05, 4.69) is 29.9 Å². The number of nitrogen functional groups attached to an aromatic ring is 2. The fourth-order valence-corrected chi connectivity index (χ4v) is 7.67. The number of anilines is 2. The lowest BCUT2D eigenvalue weighted by molar-refractivity contribution is -0.0663. The van der Waals surface area contributed by atoms with Gasteiger partial charge < -0.3 is 35.8 Å². The molecule has 4 aromatic rings. The van der Waals surface area contributed by atoms with Crippen LogP contribution in [0.15, 0.2) is 22.2 Å². The average molecular weight is 688 g/mol. The molecule has 0 saturated carbocycles. The molecular weight excluding hydrogens is 662 g/mol. The maximum atomic E-state index is 13.2. The number of H-pyrrole nitrogens is 2. The second-order valence-corrected chi connectivity index (χ2v) is 13.5. The van der Waals surface area contributed by atoms with Crippen molar-refractivity contribution < 1.29 is 51.6 Å². The number of rotatable bonds is 2. The first-order valence-corrected chi connectivity index (χ1v) is 16.5. The second-order valence-electron chi connectivity index (χ2n) is 10.7. The SMILES string of the molecule is C[C@H]1C2OP(=O)(O)OC[C@H]3O[C@@H](n4cnc5c(=O)[nH]c(N)nc54)C(O)[C@H]3OP(=O)(O)OC[C@H]2O[C@H]1n1cnc2c(=O)[nH]c(N)nc21. The Kier molecular flexibility index (Phi) is 7.41. The minimum absolute atomic E-state index is 0.0395. The van der Waals surface area contributed by atoms with Crippen molar-refractivity contribution in [1.82, 2.24) is 39.0 Å². The van der Waals surface area contributed by atoms with Crippen molar-refractivity contribution in [2.75, 3.05) is 24.7 Å². The molecule has 0 amide bonds. The molecule has 3 saturated heterocycles. The first-order chi connectivity index (χ1) is 21.7. The van der Waals surface area contributed by atoms with Crippen molar-refractivity contribution in [3.8, 4) is 0 Å². The average Bonchev–Trinajstić information content (AvgIpc) is 3.72. The summed E-state index contributed by atoms with van der Waals surface area (Å²) in [6, 6.07) is 0. The molecule has 3 aliphatic rings. The standard InChI is InChI=1S/C21H26N10O13P2/c1-6-12-7(41-18(6)30-4-24-9-14(30)26-20(22)28-16(9)33)2-39-46(37,38)44-13-8(3-40-45(35,36)43-12)42-19(11(13)32)31-5-25-10-15(31)27-21(23)29-17(10)34/h4-8,11-13,18-19,32H,2-3H2,1H3,(H,35,36)(H,37,38)(H3,22,26,28,33)(H3,23,27,29,34)/t6-,7+,8+,11?,12?,13-,18+,19+/m0/s1. The van der Waals surface area contributed by atoms with E-state index in [0.717, 1.165) is 10.9 Å². The van der Waals surface area contributed by atoms with Gasteiger partial charge in [0.05, 0.1) is 25.9 Å². The van der Waals surface area contributed by atoms with Crippen LogP contribution < -0.4 is 22.6 Å². The number of phosphoric ester groups is 2. The minimum atomic E-state index is -5.02. The lowest BCUT2D eigenvalue weighted by Gasteiger charge is -2.28. The highest BCUT2D eigenvalue weighted by Gasteiger charge is 2.53. The molecule has 3 fully saturated rings. The fraction of sp³-hybridized carbons (Fsp3) is 0.524. The number of aliphatic hydroxyl groups is 1. The number of aliphatic hydroxyl groups excluding tert-OH is 1. The summed E-state index contributed by atoms with van der Waals surface area (Å²) in [4.78, 5) is 66.5. The number of hydrogen-bond acceptors (Lipinski definition) is 17. The smallest absolute Gasteiger partial charge is 0.386 e. The summed E-state index contributed by atoms with van der Waals surface area (Å²) in [6.07, 6.45) is -7.58. The Hall–Kier alpha value is -3.60. The van der Waals surface area contributed by atoms with Crippen LogP contribution in [0.2, 0.25) is 0 Å². The Morgan fingerprint density at radius 3 is 1.83 bits per heavy atom. The molecule has 4 unspecified atom stereocenters. The normalized spacial score (nSPS) is 37.1. The molecular formula is C21H26N10O13P2. The molecule has 0 spiro atoms. The highest BCUT2D eigenvalue weighted by atomic mass is 31.2. The van der Waals surface area contributed by atoms with Gasteiger partial charge in [-0.05, 0) is 0 Å². The topological polar surface area (TPSA) is 329 Å². The van der Waals surface area contributed by atoms with Crippen molar-refractivity contribution in [3.05, 3.63) is 33.4 Å². The Bertz CT molecular complexity index is 1900. The van der Waals surface area contributed by atoms with Crippen LogP contribution in [-0.2, 0) is 36.7 Å². The summed E-state index contributed by atoms with van der Waals surface area (Å²) in [5.74, 6) is -1.25. The second kappa shape index (κ2) is 11.0. The number of fused-ring (bicyclic) bond motifs is 4. The van der Waals surface area contributed by atoms with Crippen molar-refractivity contribution in [3.63, 3.8) is 0 Å². The number of aromatic amines is 2. The highest BCUT2D eigenvalue weighted by Crippen LogP contribution is 2.54. The zero-order chi connectivity index (χ0) is 32.7. The quantitative estimate of drug-likeness (QED) is 0.115. The van der Waals surface area contributed by atoms with Crippen LogP contribution in [0.25, 0.3) is 22.3 Å². The van der Waals surface area contributed by atoms with E-state index in [1.165, 1.54) is 10.9 Å². The summed E-state index contributed by atoms with van der Waals surface area (Å²) in [5.41, 5.74) is 9.78. The van der Waals surface area contributed by atoms with Crippen LogP contribution in [0.5, 0.6) is 0 Å². The molecule has 0 aromatic carbocycles. The van der Waals surface area contributed by atoms with Crippen molar-refractivity contribution in [2.45, 2.75) is 49.9 Å². The predicted molar refractivity (Wildman–Crippen MR) is 149 cm³/mol. The zero-order valence-electron chi connectivity index (χ0n) is 23.3. The molecule has 0 radical (unpaired) electrons. The van der Waals surface area contributed by atoms with E-state index in [9.17, 15) is 33.6 Å². The van der Waals surface area contributed by atoms with Crippen LogP contribution in [-0.4, -0.2) is 97.7 Å². The molecule has 0 bridgehead atoms. The lowest BCUT2D eigenvalue weighted by Crippen LogP contribution is -2.37. The van der Waals surface area contributed by atoms with Crippen molar-refractivity contribution >= 4 is 49.9 Å². The Morgan fingerprint density at radius 1 is 0.826 bits per heavy atom. The van der Waals surface area contributed by atoms with Gasteiger partial charge in [-0.15, -0.1) is 0 Å².